The van der Waals surface area contributed by atoms with Gasteiger partial charge in [0.25, 0.3) is 0 Å². The van der Waals surface area contributed by atoms with Gasteiger partial charge in [-0.1, -0.05) is 24.4 Å². The highest BCUT2D eigenvalue weighted by Gasteiger charge is 2.17. The van der Waals surface area contributed by atoms with Crippen LogP contribution in [0.25, 0.3) is 0 Å². The molecule has 0 saturated heterocycles. The first-order valence-electron chi connectivity index (χ1n) is 7.82. The monoisotopic (exact) mass is 308 g/mol. The summed E-state index contributed by atoms with van der Waals surface area (Å²) in [7, 11) is 0. The number of amides is 3. The number of nitrogens with zero attached hydrogens (tertiary/aromatic N) is 2. The van der Waals surface area contributed by atoms with Gasteiger partial charge in [-0.15, -0.1) is 0 Å². The minimum atomic E-state index is -0.174. The van der Waals surface area contributed by atoms with E-state index in [2.05, 4.69) is 15.8 Å². The summed E-state index contributed by atoms with van der Waals surface area (Å²) >= 11 is 0. The maximum atomic E-state index is 11.8. The van der Waals surface area contributed by atoms with Crippen LogP contribution in [0.1, 0.15) is 44.8 Å². The van der Waals surface area contributed by atoms with Gasteiger partial charge < -0.3 is 15.2 Å². The molecule has 0 unspecified atom stereocenters. The molecule has 7 nitrogen and oxygen atoms in total. The number of carbonyl (C=O) groups is 2. The quantitative estimate of drug-likeness (QED) is 0.870. The molecule has 0 atom stereocenters. The van der Waals surface area contributed by atoms with Crippen molar-refractivity contribution in [3.8, 4) is 0 Å². The van der Waals surface area contributed by atoms with Crippen molar-refractivity contribution in [2.24, 2.45) is 0 Å². The molecular formula is C15H24N4O3. The highest BCUT2D eigenvalue weighted by molar-refractivity contribution is 5.90. The molecule has 22 heavy (non-hydrogen) atoms. The first kappa shape index (κ1) is 16.3. The first-order valence-corrected chi connectivity index (χ1v) is 7.82. The lowest BCUT2D eigenvalue weighted by Gasteiger charge is -2.23. The van der Waals surface area contributed by atoms with Crippen LogP contribution in [0.15, 0.2) is 10.6 Å². The highest BCUT2D eigenvalue weighted by Crippen LogP contribution is 2.17. The van der Waals surface area contributed by atoms with Gasteiger partial charge in [-0.3, -0.25) is 9.69 Å². The van der Waals surface area contributed by atoms with Crippen LogP contribution in [-0.2, 0) is 4.79 Å². The second-order valence-electron chi connectivity index (χ2n) is 5.70. The molecule has 0 bridgehead atoms. The highest BCUT2D eigenvalue weighted by atomic mass is 16.5. The standard InChI is InChI=1S/C15H24N4O3/c1-11-10-14(18-22-11)19(12(2)20)9-8-16-15(21)17-13-6-4-3-5-7-13/h10,13H,3-9H2,1-2H3,(H2,16,17,21). The molecule has 2 N–H and O–H groups in total. The van der Waals surface area contributed by atoms with Gasteiger partial charge in [0.05, 0.1) is 0 Å². The molecule has 2 rings (SSSR count). The molecule has 1 heterocycles. The summed E-state index contributed by atoms with van der Waals surface area (Å²) in [6.07, 6.45) is 5.70. The van der Waals surface area contributed by atoms with E-state index in [1.165, 1.54) is 31.1 Å². The molecule has 1 aliphatic carbocycles. The first-order chi connectivity index (χ1) is 10.6. The van der Waals surface area contributed by atoms with Crippen molar-refractivity contribution in [3.05, 3.63) is 11.8 Å². The zero-order chi connectivity index (χ0) is 15.9. The lowest BCUT2D eigenvalue weighted by Crippen LogP contribution is -2.45. The number of anilines is 1. The Hall–Kier alpha value is -2.05. The van der Waals surface area contributed by atoms with Gasteiger partial charge >= 0.3 is 6.03 Å². The normalized spacial score (nSPS) is 15.4. The van der Waals surface area contributed by atoms with Crippen LogP contribution in [0, 0.1) is 6.92 Å². The maximum Gasteiger partial charge on any atom is 0.315 e. The van der Waals surface area contributed by atoms with Crippen LogP contribution in [-0.4, -0.2) is 36.2 Å². The van der Waals surface area contributed by atoms with Crippen molar-refractivity contribution in [1.82, 2.24) is 15.8 Å². The average molecular weight is 308 g/mol. The van der Waals surface area contributed by atoms with Crippen LogP contribution in [0.4, 0.5) is 10.6 Å². The lowest BCUT2D eigenvalue weighted by molar-refractivity contribution is -0.116. The molecule has 0 aromatic carbocycles. The lowest BCUT2D eigenvalue weighted by atomic mass is 9.96. The van der Waals surface area contributed by atoms with Crippen molar-refractivity contribution in [1.29, 1.82) is 0 Å². The second-order valence-corrected chi connectivity index (χ2v) is 5.70. The fraction of sp³-hybridized carbons (Fsp3) is 0.667. The zero-order valence-corrected chi connectivity index (χ0v) is 13.2. The van der Waals surface area contributed by atoms with Gasteiger partial charge in [0, 0.05) is 32.1 Å². The number of urea groups is 1. The van der Waals surface area contributed by atoms with E-state index < -0.39 is 0 Å². The molecule has 3 amide bonds. The Balaban J connectivity index is 1.75. The van der Waals surface area contributed by atoms with Gasteiger partial charge in [0.1, 0.15) is 5.76 Å². The molecule has 1 fully saturated rings. The SMILES string of the molecule is CC(=O)N(CCNC(=O)NC1CCCCC1)c1cc(C)on1. The van der Waals surface area contributed by atoms with Crippen molar-refractivity contribution in [2.75, 3.05) is 18.0 Å². The Kier molecular flexibility index (Phi) is 5.80. The summed E-state index contributed by atoms with van der Waals surface area (Å²) in [4.78, 5) is 25.0. The number of rotatable bonds is 5. The molecular weight excluding hydrogens is 284 g/mol. The Morgan fingerprint density at radius 1 is 1.36 bits per heavy atom. The van der Waals surface area contributed by atoms with Crippen molar-refractivity contribution >= 4 is 17.8 Å². The summed E-state index contributed by atoms with van der Waals surface area (Å²) in [6, 6.07) is 1.80. The minimum absolute atomic E-state index is 0.136. The molecule has 122 valence electrons. The van der Waals surface area contributed by atoms with E-state index >= 15 is 0 Å². The Bertz CT molecular complexity index is 509. The molecule has 1 aliphatic rings. The summed E-state index contributed by atoms with van der Waals surface area (Å²) in [5.74, 6) is 0.978. The Labute approximate surface area is 130 Å². The predicted molar refractivity (Wildman–Crippen MR) is 82.7 cm³/mol. The van der Waals surface area contributed by atoms with Gasteiger partial charge in [-0.2, -0.15) is 0 Å². The molecule has 0 radical (unpaired) electrons. The maximum absolute atomic E-state index is 11.8. The smallest absolute Gasteiger partial charge is 0.315 e. The summed E-state index contributed by atoms with van der Waals surface area (Å²) in [5, 5.41) is 9.60. The average Bonchev–Trinajstić information content (AvgIpc) is 2.90. The van der Waals surface area contributed by atoms with E-state index in [-0.39, 0.29) is 18.0 Å². The van der Waals surface area contributed by atoms with Crippen molar-refractivity contribution in [2.45, 2.75) is 52.0 Å². The molecule has 1 aromatic heterocycles. The zero-order valence-electron chi connectivity index (χ0n) is 13.2. The van der Waals surface area contributed by atoms with Crippen molar-refractivity contribution in [3.63, 3.8) is 0 Å². The summed E-state index contributed by atoms with van der Waals surface area (Å²) in [6.45, 7) is 3.96. The van der Waals surface area contributed by atoms with E-state index in [1.807, 2.05) is 0 Å². The summed E-state index contributed by atoms with van der Waals surface area (Å²) < 4.78 is 4.98. The molecule has 1 saturated carbocycles. The van der Waals surface area contributed by atoms with Gasteiger partial charge in [-0.25, -0.2) is 4.79 Å². The van der Waals surface area contributed by atoms with E-state index in [1.54, 1.807) is 13.0 Å². The molecule has 1 aromatic rings. The predicted octanol–water partition coefficient (Wildman–Crippen LogP) is 1.97. The molecule has 0 aliphatic heterocycles. The van der Waals surface area contributed by atoms with Crippen LogP contribution in [0.3, 0.4) is 0 Å². The number of aryl methyl sites for hydroxylation is 1. The third kappa shape index (κ3) is 4.75. The fourth-order valence-corrected chi connectivity index (χ4v) is 2.68. The van der Waals surface area contributed by atoms with Gasteiger partial charge in [-0.05, 0) is 19.8 Å². The van der Waals surface area contributed by atoms with Crippen LogP contribution < -0.4 is 15.5 Å². The number of hydrogen-bond donors (Lipinski definition) is 2. The third-order valence-corrected chi connectivity index (χ3v) is 3.83. The largest absolute Gasteiger partial charge is 0.360 e. The Morgan fingerprint density at radius 2 is 2.09 bits per heavy atom. The molecule has 0 spiro atoms. The summed E-state index contributed by atoms with van der Waals surface area (Å²) in [5.41, 5.74) is 0. The van der Waals surface area contributed by atoms with Gasteiger partial charge in [0.15, 0.2) is 5.82 Å². The Morgan fingerprint density at radius 3 is 2.68 bits per heavy atom. The number of aromatic nitrogens is 1. The van der Waals surface area contributed by atoms with Gasteiger partial charge in [0.2, 0.25) is 5.91 Å². The third-order valence-electron chi connectivity index (χ3n) is 3.83. The number of carbonyl (C=O) groups excluding carboxylic acids is 2. The second kappa shape index (κ2) is 7.82. The topological polar surface area (TPSA) is 87.5 Å². The van der Waals surface area contributed by atoms with Crippen LogP contribution >= 0.6 is 0 Å². The van der Waals surface area contributed by atoms with Crippen molar-refractivity contribution < 1.29 is 14.1 Å². The minimum Gasteiger partial charge on any atom is -0.360 e. The van der Waals surface area contributed by atoms with E-state index in [9.17, 15) is 9.59 Å². The van der Waals surface area contributed by atoms with Crippen LogP contribution in [0.2, 0.25) is 0 Å². The number of hydrogen-bond acceptors (Lipinski definition) is 4. The van der Waals surface area contributed by atoms with E-state index in [4.69, 9.17) is 4.52 Å². The molecule has 7 heteroatoms. The van der Waals surface area contributed by atoms with Crippen LogP contribution in [0.5, 0.6) is 0 Å². The number of nitrogens with one attached hydrogen (secondary N) is 2. The fourth-order valence-electron chi connectivity index (χ4n) is 2.68. The van der Waals surface area contributed by atoms with E-state index in [0.29, 0.717) is 24.7 Å². The van der Waals surface area contributed by atoms with E-state index in [0.717, 1.165) is 12.8 Å².